The van der Waals surface area contributed by atoms with E-state index < -0.39 is 11.5 Å². The summed E-state index contributed by atoms with van der Waals surface area (Å²) in [5, 5.41) is 8.99. The van der Waals surface area contributed by atoms with Crippen LogP contribution in [0.25, 0.3) is 0 Å². The Kier molecular flexibility index (Phi) is 5.89. The second kappa shape index (κ2) is 6.99. The van der Waals surface area contributed by atoms with Gasteiger partial charge >= 0.3 is 11.5 Å². The zero-order valence-electron chi connectivity index (χ0n) is 10.3. The van der Waals surface area contributed by atoms with Crippen molar-refractivity contribution in [2.75, 3.05) is 6.61 Å². The maximum atomic E-state index is 12.5. The van der Waals surface area contributed by atoms with E-state index in [-0.39, 0.29) is 40.8 Å². The lowest BCUT2D eigenvalue weighted by Gasteiger charge is -2.13. The minimum atomic E-state index is -4.50. The first kappa shape index (κ1) is 16.9. The fourth-order valence-electron chi connectivity index (χ4n) is 1.47. The van der Waals surface area contributed by atoms with Crippen LogP contribution >= 0.6 is 27.7 Å². The number of carbonyl (C=O) groups excluding carboxylic acids is 1. The molecule has 0 heterocycles. The van der Waals surface area contributed by atoms with Crippen molar-refractivity contribution in [2.24, 2.45) is 0 Å². The van der Waals surface area contributed by atoms with Gasteiger partial charge in [-0.2, -0.15) is 18.4 Å². The predicted molar refractivity (Wildman–Crippen MR) is 71.1 cm³/mol. The van der Waals surface area contributed by atoms with Crippen LogP contribution in [0.4, 0.5) is 13.2 Å². The van der Waals surface area contributed by atoms with Gasteiger partial charge in [0.15, 0.2) is 0 Å². The third kappa shape index (κ3) is 5.06. The summed E-state index contributed by atoms with van der Waals surface area (Å²) in [5.74, 6) is -0.671. The lowest BCUT2D eigenvalue weighted by atomic mass is 10.1. The first-order valence-electron chi connectivity index (χ1n) is 5.40. The number of halogens is 4. The molecule has 0 spiro atoms. The number of hydrogen-bond donors (Lipinski definition) is 0. The average molecular weight is 368 g/mol. The second-order valence-corrected chi connectivity index (χ2v) is 5.59. The molecular weight excluding hydrogens is 359 g/mol. The quantitative estimate of drug-likeness (QED) is 0.595. The van der Waals surface area contributed by atoms with Crippen molar-refractivity contribution >= 4 is 33.7 Å². The van der Waals surface area contributed by atoms with Gasteiger partial charge in [0.05, 0.1) is 24.7 Å². The summed E-state index contributed by atoms with van der Waals surface area (Å²) in [6, 6.07) is 4.39. The molecule has 0 fully saturated rings. The highest BCUT2D eigenvalue weighted by atomic mass is 79.9. The van der Waals surface area contributed by atoms with Crippen LogP contribution < -0.4 is 0 Å². The number of carbonyl (C=O) groups is 1. The maximum absolute atomic E-state index is 12.5. The number of hydrogen-bond acceptors (Lipinski definition) is 4. The number of benzene rings is 1. The van der Waals surface area contributed by atoms with Crippen LogP contribution in [0.3, 0.4) is 0 Å². The van der Waals surface area contributed by atoms with E-state index >= 15 is 0 Å². The van der Waals surface area contributed by atoms with Crippen molar-refractivity contribution in [1.82, 2.24) is 0 Å². The molecule has 0 bridgehead atoms. The fourth-order valence-corrected chi connectivity index (χ4v) is 2.82. The van der Waals surface area contributed by atoms with E-state index in [1.165, 1.54) is 12.1 Å². The molecule has 0 unspecified atom stereocenters. The van der Waals surface area contributed by atoms with Gasteiger partial charge in [0.1, 0.15) is 0 Å². The predicted octanol–water partition coefficient (Wildman–Crippen LogP) is 4.04. The summed E-state index contributed by atoms with van der Waals surface area (Å²) in [7, 11) is 0. The van der Waals surface area contributed by atoms with Gasteiger partial charge in [-0.3, -0.25) is 4.79 Å². The van der Waals surface area contributed by atoms with Crippen LogP contribution in [0, 0.1) is 11.3 Å². The molecule has 0 radical (unpaired) electrons. The number of nitriles is 1. The van der Waals surface area contributed by atoms with Gasteiger partial charge in [0, 0.05) is 9.37 Å². The van der Waals surface area contributed by atoms with Gasteiger partial charge in [0.2, 0.25) is 0 Å². The number of nitrogens with zero attached hydrogens (tertiary/aromatic N) is 1. The van der Waals surface area contributed by atoms with Gasteiger partial charge < -0.3 is 4.74 Å². The van der Waals surface area contributed by atoms with Crippen LogP contribution in [0.1, 0.15) is 18.1 Å². The summed E-state index contributed by atoms with van der Waals surface area (Å²) in [6.45, 7) is 1.72. The number of thioether (sulfide) groups is 1. The highest BCUT2D eigenvalue weighted by Gasteiger charge is 2.31. The Morgan fingerprint density at radius 3 is 2.65 bits per heavy atom. The summed E-state index contributed by atoms with van der Waals surface area (Å²) in [4.78, 5) is 11.3. The molecule has 0 aliphatic rings. The molecule has 1 rings (SSSR count). The molecule has 3 nitrogen and oxygen atoms in total. The summed E-state index contributed by atoms with van der Waals surface area (Å²) >= 11 is 2.69. The van der Waals surface area contributed by atoms with Gasteiger partial charge in [0.25, 0.3) is 0 Å². The van der Waals surface area contributed by atoms with Crippen LogP contribution in [0.2, 0.25) is 0 Å². The molecule has 108 valence electrons. The van der Waals surface area contributed by atoms with E-state index in [2.05, 4.69) is 15.9 Å². The van der Waals surface area contributed by atoms with E-state index in [1.54, 1.807) is 13.0 Å². The smallest absolute Gasteiger partial charge is 0.446 e. The third-order valence-corrected chi connectivity index (χ3v) is 3.42. The summed E-state index contributed by atoms with van der Waals surface area (Å²) in [5.41, 5.74) is -4.47. The Labute approximate surface area is 126 Å². The van der Waals surface area contributed by atoms with Crippen molar-refractivity contribution in [2.45, 2.75) is 23.7 Å². The second-order valence-electron chi connectivity index (χ2n) is 3.57. The molecule has 0 atom stereocenters. The Hall–Kier alpha value is -1.20. The molecule has 0 aliphatic heterocycles. The molecule has 0 saturated heterocycles. The molecule has 0 aromatic heterocycles. The number of alkyl halides is 3. The Morgan fingerprint density at radius 1 is 1.50 bits per heavy atom. The van der Waals surface area contributed by atoms with Gasteiger partial charge in [-0.1, -0.05) is 15.9 Å². The molecule has 0 amide bonds. The van der Waals surface area contributed by atoms with Crippen LogP contribution in [-0.4, -0.2) is 18.1 Å². The van der Waals surface area contributed by atoms with Gasteiger partial charge in [-0.25, -0.2) is 0 Å². The Morgan fingerprint density at radius 2 is 2.15 bits per heavy atom. The van der Waals surface area contributed by atoms with E-state index in [0.29, 0.717) is 4.47 Å². The van der Waals surface area contributed by atoms with Crippen molar-refractivity contribution in [3.63, 3.8) is 0 Å². The number of rotatable bonds is 4. The lowest BCUT2D eigenvalue weighted by molar-refractivity contribution is -0.142. The van der Waals surface area contributed by atoms with Crippen molar-refractivity contribution in [3.05, 3.63) is 27.7 Å². The molecule has 1 aromatic carbocycles. The first-order valence-corrected chi connectivity index (χ1v) is 7.01. The highest BCUT2D eigenvalue weighted by molar-refractivity contribution is 9.10. The standard InChI is InChI=1S/C12H9BrF3NO2S/c1-2-19-11(18)5-9-7(6-17)3-8(13)4-10(9)20-12(14,15)16/h3-4H,2,5H2,1H3. The molecule has 0 aliphatic carbocycles. The highest BCUT2D eigenvalue weighted by Crippen LogP contribution is 2.40. The summed E-state index contributed by atoms with van der Waals surface area (Å²) < 4.78 is 42.6. The monoisotopic (exact) mass is 367 g/mol. The Bertz CT molecular complexity index is 555. The zero-order valence-corrected chi connectivity index (χ0v) is 12.7. The Balaban J connectivity index is 3.23. The number of ether oxygens (including phenoxy) is 1. The first-order chi connectivity index (χ1) is 9.26. The van der Waals surface area contributed by atoms with Crippen molar-refractivity contribution < 1.29 is 22.7 Å². The van der Waals surface area contributed by atoms with Crippen molar-refractivity contribution in [3.8, 4) is 6.07 Å². The minimum absolute atomic E-state index is 0.0131. The zero-order chi connectivity index (χ0) is 15.3. The van der Waals surface area contributed by atoms with Crippen LogP contribution in [0.5, 0.6) is 0 Å². The molecular formula is C12H9BrF3NO2S. The fraction of sp³-hybridized carbons (Fsp3) is 0.333. The lowest BCUT2D eigenvalue weighted by Crippen LogP contribution is -2.11. The van der Waals surface area contributed by atoms with E-state index in [9.17, 15) is 18.0 Å². The average Bonchev–Trinajstić information content (AvgIpc) is 2.30. The van der Waals surface area contributed by atoms with Gasteiger partial charge in [-0.15, -0.1) is 0 Å². The largest absolute Gasteiger partial charge is 0.466 e. The molecule has 0 saturated carbocycles. The minimum Gasteiger partial charge on any atom is -0.466 e. The SMILES string of the molecule is CCOC(=O)Cc1c(C#N)cc(Br)cc1SC(F)(F)F. The molecule has 1 aromatic rings. The third-order valence-electron chi connectivity index (χ3n) is 2.15. The topological polar surface area (TPSA) is 50.1 Å². The van der Waals surface area contributed by atoms with E-state index in [4.69, 9.17) is 10.00 Å². The molecule has 0 N–H and O–H groups in total. The number of esters is 1. The van der Waals surface area contributed by atoms with E-state index in [0.717, 1.165) is 0 Å². The molecule has 8 heteroatoms. The molecule has 20 heavy (non-hydrogen) atoms. The van der Waals surface area contributed by atoms with Gasteiger partial charge in [-0.05, 0) is 36.4 Å². The van der Waals surface area contributed by atoms with Crippen molar-refractivity contribution in [1.29, 1.82) is 5.26 Å². The maximum Gasteiger partial charge on any atom is 0.446 e. The summed E-state index contributed by atoms with van der Waals surface area (Å²) in [6.07, 6.45) is -0.373. The van der Waals surface area contributed by atoms with Crippen LogP contribution in [-0.2, 0) is 16.0 Å². The van der Waals surface area contributed by atoms with E-state index in [1.807, 2.05) is 0 Å². The normalized spacial score (nSPS) is 11.0. The van der Waals surface area contributed by atoms with Crippen LogP contribution in [0.15, 0.2) is 21.5 Å².